The topological polar surface area (TPSA) is 138 Å². The van der Waals surface area contributed by atoms with Gasteiger partial charge in [0.05, 0.1) is 21.9 Å². The summed E-state index contributed by atoms with van der Waals surface area (Å²) in [4.78, 5) is 17.5. The van der Waals surface area contributed by atoms with E-state index in [0.717, 1.165) is 28.5 Å². The van der Waals surface area contributed by atoms with Crippen molar-refractivity contribution in [2.45, 2.75) is 9.92 Å². The molecule has 5 aromatic rings. The van der Waals surface area contributed by atoms with Gasteiger partial charge < -0.3 is 5.32 Å². The van der Waals surface area contributed by atoms with Crippen LogP contribution in [-0.4, -0.2) is 35.3 Å². The van der Waals surface area contributed by atoms with E-state index >= 15 is 0 Å². The van der Waals surface area contributed by atoms with Crippen LogP contribution in [0.25, 0.3) is 22.4 Å². The molecule has 0 aliphatic rings. The van der Waals surface area contributed by atoms with E-state index in [-0.39, 0.29) is 27.5 Å². The molecular formula is C30H21ClN6O3S2. The van der Waals surface area contributed by atoms with Gasteiger partial charge in [-0.05, 0) is 48.0 Å². The average molecular weight is 613 g/mol. The van der Waals surface area contributed by atoms with E-state index in [9.17, 15) is 18.5 Å². The Hall–Kier alpha value is -4.76. The third kappa shape index (κ3) is 6.92. The van der Waals surface area contributed by atoms with Crippen LogP contribution in [0, 0.1) is 11.3 Å². The number of nitriles is 1. The van der Waals surface area contributed by atoms with Gasteiger partial charge in [-0.15, -0.1) is 10.2 Å². The minimum absolute atomic E-state index is 0.0194. The minimum atomic E-state index is -3.93. The number of anilines is 2. The maximum Gasteiger partial charge on any atom is 0.263 e. The summed E-state index contributed by atoms with van der Waals surface area (Å²) in [5, 5.41) is 20.7. The second-order valence-corrected chi connectivity index (χ2v) is 11.8. The van der Waals surface area contributed by atoms with Gasteiger partial charge in [-0.1, -0.05) is 84.0 Å². The van der Waals surface area contributed by atoms with Gasteiger partial charge in [-0.25, -0.2) is 13.4 Å². The summed E-state index contributed by atoms with van der Waals surface area (Å²) < 4.78 is 27.6. The van der Waals surface area contributed by atoms with Gasteiger partial charge in [0.15, 0.2) is 11.0 Å². The van der Waals surface area contributed by atoms with Crippen LogP contribution < -0.4 is 10.0 Å². The first-order valence-corrected chi connectivity index (χ1v) is 15.3. The molecule has 0 bridgehead atoms. The molecule has 2 heterocycles. The third-order valence-electron chi connectivity index (χ3n) is 5.91. The maximum absolute atomic E-state index is 12.8. The van der Waals surface area contributed by atoms with Crippen LogP contribution in [0.3, 0.4) is 0 Å². The van der Waals surface area contributed by atoms with Crippen molar-refractivity contribution in [2.75, 3.05) is 15.8 Å². The van der Waals surface area contributed by atoms with Crippen molar-refractivity contribution >= 4 is 50.8 Å². The Morgan fingerprint density at radius 1 is 0.881 bits per heavy atom. The van der Waals surface area contributed by atoms with Crippen molar-refractivity contribution < 1.29 is 13.2 Å². The molecule has 0 atom stereocenters. The molecule has 0 spiro atoms. The molecule has 0 saturated carbocycles. The summed E-state index contributed by atoms with van der Waals surface area (Å²) in [5.41, 5.74) is 3.95. The lowest BCUT2D eigenvalue weighted by molar-refractivity contribution is -0.113. The summed E-state index contributed by atoms with van der Waals surface area (Å²) in [6.07, 6.45) is 0. The number of rotatable bonds is 9. The fourth-order valence-electron chi connectivity index (χ4n) is 3.95. The monoisotopic (exact) mass is 612 g/mol. The largest absolute Gasteiger partial charge is 0.325 e. The molecule has 0 aliphatic carbocycles. The lowest BCUT2D eigenvalue weighted by atomic mass is 9.99. The highest BCUT2D eigenvalue weighted by Gasteiger charge is 2.18. The standard InChI is InChI=1S/C30H21ClN6O3S2/c31-27-15-16-28(36-35-27)37-42(39,40)23-13-11-22(12-14-23)33-29(38)19-41-30-25(18-32)24(20-7-3-1-4-8-20)17-26(34-30)21-9-5-2-6-10-21/h1-17H,19H2,(H,33,38)(H,36,37). The molecule has 1 amide bonds. The maximum atomic E-state index is 12.8. The second-order valence-electron chi connectivity index (χ2n) is 8.79. The highest BCUT2D eigenvalue weighted by Crippen LogP contribution is 2.34. The number of halogens is 1. The summed E-state index contributed by atoms with van der Waals surface area (Å²) in [6.45, 7) is 0. The molecule has 0 fully saturated rings. The predicted molar refractivity (Wildman–Crippen MR) is 163 cm³/mol. The number of sulfonamides is 1. The SMILES string of the molecule is N#Cc1c(-c2ccccc2)cc(-c2ccccc2)nc1SCC(=O)Nc1ccc(S(=O)(=O)Nc2ccc(Cl)nn2)cc1. The smallest absolute Gasteiger partial charge is 0.263 e. The Balaban J connectivity index is 1.31. The molecule has 0 radical (unpaired) electrons. The molecular weight excluding hydrogens is 592 g/mol. The zero-order chi connectivity index (χ0) is 29.5. The summed E-state index contributed by atoms with van der Waals surface area (Å²) in [7, 11) is -3.93. The van der Waals surface area contributed by atoms with E-state index in [1.54, 1.807) is 0 Å². The molecule has 42 heavy (non-hydrogen) atoms. The number of benzene rings is 3. The number of nitrogens with one attached hydrogen (secondary N) is 2. The van der Waals surface area contributed by atoms with Gasteiger partial charge in [0.25, 0.3) is 10.0 Å². The number of carbonyl (C=O) groups excluding carboxylic acids is 1. The van der Waals surface area contributed by atoms with Gasteiger partial charge in [0.2, 0.25) is 5.91 Å². The van der Waals surface area contributed by atoms with Gasteiger partial charge in [-0.2, -0.15) is 5.26 Å². The highest BCUT2D eigenvalue weighted by molar-refractivity contribution is 8.00. The van der Waals surface area contributed by atoms with E-state index in [0.29, 0.717) is 22.0 Å². The zero-order valence-corrected chi connectivity index (χ0v) is 24.1. The molecule has 0 saturated heterocycles. The van der Waals surface area contributed by atoms with Crippen molar-refractivity contribution in [1.29, 1.82) is 5.26 Å². The highest BCUT2D eigenvalue weighted by atomic mass is 35.5. The number of thioether (sulfide) groups is 1. The van der Waals surface area contributed by atoms with Crippen LogP contribution in [0.5, 0.6) is 0 Å². The third-order valence-corrected chi connectivity index (χ3v) is 8.46. The Morgan fingerprint density at radius 3 is 2.17 bits per heavy atom. The second kappa shape index (κ2) is 12.8. The number of aromatic nitrogens is 3. The number of nitrogens with zero attached hydrogens (tertiary/aromatic N) is 4. The van der Waals surface area contributed by atoms with Crippen LogP contribution in [-0.2, 0) is 14.8 Å². The summed E-state index contributed by atoms with van der Waals surface area (Å²) in [5.74, 6) is -0.349. The van der Waals surface area contributed by atoms with E-state index < -0.39 is 10.0 Å². The molecule has 2 N–H and O–H groups in total. The number of carbonyl (C=O) groups is 1. The first-order chi connectivity index (χ1) is 20.3. The fraction of sp³-hybridized carbons (Fsp3) is 0.0333. The van der Waals surface area contributed by atoms with Crippen molar-refractivity contribution in [3.8, 4) is 28.5 Å². The van der Waals surface area contributed by atoms with E-state index in [1.165, 1.54) is 36.4 Å². The van der Waals surface area contributed by atoms with E-state index in [4.69, 9.17) is 16.6 Å². The van der Waals surface area contributed by atoms with Gasteiger partial charge in [-0.3, -0.25) is 9.52 Å². The minimum Gasteiger partial charge on any atom is -0.325 e. The molecule has 0 unspecified atom stereocenters. The predicted octanol–water partition coefficient (Wildman–Crippen LogP) is 6.26. The number of amides is 1. The van der Waals surface area contributed by atoms with Crippen molar-refractivity contribution in [3.63, 3.8) is 0 Å². The fourth-order valence-corrected chi connectivity index (χ4v) is 5.85. The van der Waals surface area contributed by atoms with Crippen molar-refractivity contribution in [1.82, 2.24) is 15.2 Å². The van der Waals surface area contributed by atoms with Gasteiger partial charge in [0.1, 0.15) is 11.1 Å². The number of hydrogen-bond acceptors (Lipinski definition) is 8. The molecule has 5 rings (SSSR count). The lowest BCUT2D eigenvalue weighted by Crippen LogP contribution is -2.16. The Kier molecular flexibility index (Phi) is 8.78. The van der Waals surface area contributed by atoms with Crippen LogP contribution in [0.2, 0.25) is 5.15 Å². The Labute approximate surface area is 251 Å². The van der Waals surface area contributed by atoms with Crippen LogP contribution in [0.4, 0.5) is 11.5 Å². The Bertz CT molecular complexity index is 1870. The van der Waals surface area contributed by atoms with Crippen molar-refractivity contribution in [3.05, 3.63) is 114 Å². The van der Waals surface area contributed by atoms with Crippen molar-refractivity contribution in [2.24, 2.45) is 0 Å². The van der Waals surface area contributed by atoms with Crippen LogP contribution in [0.1, 0.15) is 5.56 Å². The lowest BCUT2D eigenvalue weighted by Gasteiger charge is -2.13. The van der Waals surface area contributed by atoms with Crippen LogP contribution in [0.15, 0.2) is 113 Å². The average Bonchev–Trinajstić information content (AvgIpc) is 3.01. The summed E-state index contributed by atoms with van der Waals surface area (Å²) >= 11 is 6.84. The number of hydrogen-bond donors (Lipinski definition) is 2. The molecule has 2 aromatic heterocycles. The van der Waals surface area contributed by atoms with Gasteiger partial charge in [0, 0.05) is 16.8 Å². The van der Waals surface area contributed by atoms with E-state index in [2.05, 4.69) is 26.3 Å². The normalized spacial score (nSPS) is 11.0. The summed E-state index contributed by atoms with van der Waals surface area (Å²) in [6, 6.07) is 31.8. The molecule has 9 nitrogen and oxygen atoms in total. The van der Waals surface area contributed by atoms with Crippen LogP contribution >= 0.6 is 23.4 Å². The zero-order valence-electron chi connectivity index (χ0n) is 21.7. The molecule has 3 aromatic carbocycles. The quantitative estimate of drug-likeness (QED) is 0.186. The first kappa shape index (κ1) is 28.8. The van der Waals surface area contributed by atoms with E-state index in [1.807, 2.05) is 66.7 Å². The molecule has 208 valence electrons. The first-order valence-electron chi connectivity index (χ1n) is 12.4. The Morgan fingerprint density at radius 2 is 1.55 bits per heavy atom. The molecule has 12 heteroatoms. The number of pyridine rings is 1. The molecule has 0 aliphatic heterocycles. The van der Waals surface area contributed by atoms with Gasteiger partial charge >= 0.3 is 0 Å².